The highest BCUT2D eigenvalue weighted by atomic mass is 31.1. The Labute approximate surface area is 42.0 Å². The van der Waals surface area contributed by atoms with Gasteiger partial charge < -0.3 is 4.74 Å². The molecule has 0 aliphatic carbocycles. The molecule has 0 fully saturated rings. The van der Waals surface area contributed by atoms with Crippen molar-refractivity contribution in [2.75, 3.05) is 6.16 Å². The fourth-order valence-electron chi connectivity index (χ4n) is 0.744. The third-order valence-corrected chi connectivity index (χ3v) is 2.61. The molecule has 2 aliphatic rings. The van der Waals surface area contributed by atoms with Crippen LogP contribution in [0, 0.1) is 0 Å². The summed E-state index contributed by atoms with van der Waals surface area (Å²) in [6.07, 6.45) is 1.75. The largest absolute Gasteiger partial charge is 0.419 e. The van der Waals surface area contributed by atoms with E-state index in [2.05, 4.69) is 0 Å². The van der Waals surface area contributed by atoms with E-state index in [-0.39, 0.29) is 0 Å². The minimum Gasteiger partial charge on any atom is -0.412 e. The molecule has 0 aromatic carbocycles. The number of rotatable bonds is 0. The maximum atomic E-state index is 10.6. The van der Waals surface area contributed by atoms with Crippen LogP contribution in [0.25, 0.3) is 0 Å². The van der Waals surface area contributed by atoms with Crippen molar-refractivity contribution in [2.45, 2.75) is 6.42 Å². The third kappa shape index (κ3) is 0.349. The van der Waals surface area contributed by atoms with Crippen LogP contribution in [0.2, 0.25) is 0 Å². The van der Waals surface area contributed by atoms with Crippen molar-refractivity contribution < 1.29 is 9.30 Å². The predicted molar refractivity (Wildman–Crippen MR) is 25.2 cm³/mol. The molecule has 2 aliphatic heterocycles. The molecule has 0 bridgehead atoms. The minimum absolute atomic E-state index is 0.801. The van der Waals surface area contributed by atoms with Crippen LogP contribution in [0.1, 0.15) is 6.42 Å². The molecule has 0 radical (unpaired) electrons. The molecule has 0 aromatic heterocycles. The molecule has 2 rings (SSSR count). The fraction of sp³-hybridized carbons (Fsp3) is 0.500. The molecule has 2 nitrogen and oxygen atoms in total. The Kier molecular flexibility index (Phi) is 0.463. The van der Waals surface area contributed by atoms with Gasteiger partial charge in [-0.1, -0.05) is 4.57 Å². The van der Waals surface area contributed by atoms with E-state index < -0.39 is 7.80 Å². The summed E-state index contributed by atoms with van der Waals surface area (Å²) in [5, 5.41) is 0. The average molecular weight is 115 g/mol. The smallest absolute Gasteiger partial charge is 0.412 e. The standard InChI is InChI=1S/C4H4O2P/c5-7-2-1-3-4(7)6-3/h1-2H2/q+1. The maximum absolute atomic E-state index is 10.6. The van der Waals surface area contributed by atoms with Crippen molar-refractivity contribution in [3.63, 3.8) is 0 Å². The normalized spacial score (nSPS) is 30.0. The molecule has 1 atom stereocenters. The lowest BCUT2D eigenvalue weighted by Crippen LogP contribution is -1.72. The van der Waals surface area contributed by atoms with Crippen molar-refractivity contribution >= 4 is 7.80 Å². The Balaban J connectivity index is 2.39. The van der Waals surface area contributed by atoms with Crippen LogP contribution in [0.5, 0.6) is 0 Å². The number of hydrogen-bond acceptors (Lipinski definition) is 2. The zero-order valence-corrected chi connectivity index (χ0v) is 4.57. The summed E-state index contributed by atoms with van der Waals surface area (Å²) < 4.78 is 15.4. The monoisotopic (exact) mass is 115 g/mol. The summed E-state index contributed by atoms with van der Waals surface area (Å²) in [6, 6.07) is 0. The first kappa shape index (κ1) is 3.62. The molecule has 0 aromatic rings. The first-order chi connectivity index (χ1) is 3.38. The predicted octanol–water partition coefficient (Wildman–Crippen LogP) is 1.42. The summed E-state index contributed by atoms with van der Waals surface area (Å²) >= 11 is 0. The summed E-state index contributed by atoms with van der Waals surface area (Å²) in [4.78, 5) is 0. The van der Waals surface area contributed by atoms with Crippen LogP contribution in [0.3, 0.4) is 0 Å². The van der Waals surface area contributed by atoms with Gasteiger partial charge in [-0.25, -0.2) is 0 Å². The van der Waals surface area contributed by atoms with Crippen LogP contribution in [-0.2, 0) is 9.30 Å². The van der Waals surface area contributed by atoms with Crippen molar-refractivity contribution in [3.05, 3.63) is 11.3 Å². The molecule has 0 amide bonds. The van der Waals surface area contributed by atoms with Crippen molar-refractivity contribution in [1.82, 2.24) is 0 Å². The first-order valence-electron chi connectivity index (χ1n) is 2.23. The Morgan fingerprint density at radius 3 is 2.71 bits per heavy atom. The van der Waals surface area contributed by atoms with Gasteiger partial charge >= 0.3 is 13.3 Å². The Morgan fingerprint density at radius 1 is 1.71 bits per heavy atom. The van der Waals surface area contributed by atoms with E-state index in [4.69, 9.17) is 4.74 Å². The summed E-state index contributed by atoms with van der Waals surface area (Å²) in [5.74, 6) is 1.00. The number of allylic oxidation sites excluding steroid dienone is 1. The summed E-state index contributed by atoms with van der Waals surface area (Å²) in [5.41, 5.74) is 0.801. The van der Waals surface area contributed by atoms with Gasteiger partial charge in [0.1, 0.15) is 0 Å². The molecule has 2 heterocycles. The highest BCUT2D eigenvalue weighted by Crippen LogP contribution is 2.55. The highest BCUT2D eigenvalue weighted by molar-refractivity contribution is 7.50. The van der Waals surface area contributed by atoms with Crippen LogP contribution >= 0.6 is 7.80 Å². The zero-order valence-electron chi connectivity index (χ0n) is 3.68. The lowest BCUT2D eigenvalue weighted by molar-refractivity contribution is 0.462. The van der Waals surface area contributed by atoms with Gasteiger partial charge in [-0.05, 0) is 0 Å². The van der Waals surface area contributed by atoms with Crippen molar-refractivity contribution in [3.8, 4) is 0 Å². The molecule has 3 heteroatoms. The van der Waals surface area contributed by atoms with E-state index in [1.807, 2.05) is 0 Å². The highest BCUT2D eigenvalue weighted by Gasteiger charge is 2.50. The molecule has 1 unspecified atom stereocenters. The molecule has 7 heavy (non-hydrogen) atoms. The van der Waals surface area contributed by atoms with Gasteiger partial charge in [0.2, 0.25) is 5.76 Å². The van der Waals surface area contributed by atoms with Gasteiger partial charge in [-0.3, -0.25) is 0 Å². The Bertz CT molecular complexity index is 168. The van der Waals surface area contributed by atoms with E-state index in [9.17, 15) is 4.57 Å². The molecular weight excluding hydrogens is 111 g/mol. The molecular formula is C4H4O2P+. The second kappa shape index (κ2) is 0.896. The lowest BCUT2D eigenvalue weighted by Gasteiger charge is -1.75. The van der Waals surface area contributed by atoms with E-state index in [1.54, 1.807) is 0 Å². The maximum Gasteiger partial charge on any atom is 0.419 e. The first-order valence-corrected chi connectivity index (χ1v) is 3.68. The van der Waals surface area contributed by atoms with Crippen LogP contribution in [0.4, 0.5) is 0 Å². The number of hydrogen-bond donors (Lipinski definition) is 0. The van der Waals surface area contributed by atoms with E-state index >= 15 is 0 Å². The van der Waals surface area contributed by atoms with Gasteiger partial charge in [-0.2, -0.15) is 0 Å². The molecule has 0 N–H and O–H groups in total. The van der Waals surface area contributed by atoms with Crippen LogP contribution in [0.15, 0.2) is 11.3 Å². The van der Waals surface area contributed by atoms with E-state index in [0.717, 1.165) is 23.8 Å². The lowest BCUT2D eigenvalue weighted by atomic mass is 10.5. The molecule has 0 saturated carbocycles. The quantitative estimate of drug-likeness (QED) is 0.447. The summed E-state index contributed by atoms with van der Waals surface area (Å²) in [6.45, 7) is 0. The van der Waals surface area contributed by atoms with Gasteiger partial charge in [-0.15, -0.1) is 0 Å². The van der Waals surface area contributed by atoms with Gasteiger partial charge in [0.05, 0.1) is 6.42 Å². The van der Waals surface area contributed by atoms with E-state index in [0.29, 0.717) is 0 Å². The molecule has 0 saturated heterocycles. The fourth-order valence-corrected chi connectivity index (χ4v) is 1.96. The second-order valence-corrected chi connectivity index (χ2v) is 3.29. The Hall–Kier alpha value is -0.360. The van der Waals surface area contributed by atoms with E-state index in [1.165, 1.54) is 0 Å². The van der Waals surface area contributed by atoms with Crippen molar-refractivity contribution in [2.24, 2.45) is 0 Å². The van der Waals surface area contributed by atoms with Gasteiger partial charge in [0, 0.05) is 0 Å². The number of ether oxygens (including phenoxy) is 1. The third-order valence-electron chi connectivity index (χ3n) is 1.19. The molecule has 36 valence electrons. The minimum atomic E-state index is -1.04. The zero-order chi connectivity index (χ0) is 4.85. The molecule has 0 spiro atoms. The van der Waals surface area contributed by atoms with Crippen LogP contribution < -0.4 is 0 Å². The second-order valence-electron chi connectivity index (χ2n) is 1.68. The van der Waals surface area contributed by atoms with Gasteiger partial charge in [0.25, 0.3) is 0 Å². The summed E-state index contributed by atoms with van der Waals surface area (Å²) in [7, 11) is -1.04. The van der Waals surface area contributed by atoms with Crippen molar-refractivity contribution in [1.29, 1.82) is 0 Å². The SMILES string of the molecule is O=[P+]1CCC2=C1O2. The van der Waals surface area contributed by atoms with Crippen LogP contribution in [-0.4, -0.2) is 6.16 Å². The topological polar surface area (TPSA) is 29.6 Å². The average Bonchev–Trinajstić information content (AvgIpc) is 2.33. The Morgan fingerprint density at radius 2 is 2.57 bits per heavy atom. The van der Waals surface area contributed by atoms with Gasteiger partial charge in [0.15, 0.2) is 6.16 Å².